The maximum absolute atomic E-state index is 13.7. The van der Waals surface area contributed by atoms with Crippen LogP contribution in [-0.2, 0) is 0 Å². The highest BCUT2D eigenvalue weighted by atomic mass is 16.5. The minimum atomic E-state index is -0.587. The Kier molecular flexibility index (Phi) is 7.26. The molecule has 1 atom stereocenters. The topological polar surface area (TPSA) is 72.2 Å². The van der Waals surface area contributed by atoms with E-state index in [-0.39, 0.29) is 17.1 Å². The highest BCUT2D eigenvalue weighted by Gasteiger charge is 2.43. The fourth-order valence-electron chi connectivity index (χ4n) is 4.62. The molecule has 0 radical (unpaired) electrons. The molecule has 0 bridgehead atoms. The third kappa shape index (κ3) is 4.56. The molecule has 7 heteroatoms. The normalized spacial score (nSPS) is 15.1. The molecule has 4 rings (SSSR count). The van der Waals surface area contributed by atoms with Crippen LogP contribution in [-0.4, -0.2) is 55.6 Å². The zero-order valence-corrected chi connectivity index (χ0v) is 20.8. The van der Waals surface area contributed by atoms with E-state index in [9.17, 15) is 9.59 Å². The summed E-state index contributed by atoms with van der Waals surface area (Å²) in [6.07, 6.45) is 1.66. The molecule has 2 aromatic carbocycles. The van der Waals surface area contributed by atoms with Gasteiger partial charge in [0.1, 0.15) is 12.2 Å². The van der Waals surface area contributed by atoms with E-state index in [0.717, 1.165) is 24.2 Å². The van der Waals surface area contributed by atoms with Gasteiger partial charge in [-0.05, 0) is 49.8 Å². The van der Waals surface area contributed by atoms with Crippen molar-refractivity contribution in [3.8, 4) is 11.5 Å². The van der Waals surface area contributed by atoms with Crippen molar-refractivity contribution >= 4 is 16.9 Å². The third-order valence-corrected chi connectivity index (χ3v) is 6.53. The fourth-order valence-corrected chi connectivity index (χ4v) is 4.62. The molecular weight excluding hydrogens is 444 g/mol. The number of fused-ring (bicyclic) bond motifs is 2. The van der Waals surface area contributed by atoms with Crippen molar-refractivity contribution in [1.82, 2.24) is 9.80 Å². The fraction of sp³-hybridized carbons (Fsp3) is 0.357. The first kappa shape index (κ1) is 24.5. The lowest BCUT2D eigenvalue weighted by molar-refractivity contribution is 0.0708. The number of carbonyl (C=O) groups excluding carboxylic acids is 1. The van der Waals surface area contributed by atoms with Crippen LogP contribution < -0.4 is 14.9 Å². The smallest absolute Gasteiger partial charge is 0.290 e. The summed E-state index contributed by atoms with van der Waals surface area (Å²) < 4.78 is 17.3. The number of nitrogens with zero attached hydrogens (tertiary/aromatic N) is 2. The highest BCUT2D eigenvalue weighted by Crippen LogP contribution is 2.41. The monoisotopic (exact) mass is 476 g/mol. The maximum Gasteiger partial charge on any atom is 0.290 e. The van der Waals surface area contributed by atoms with Crippen LogP contribution >= 0.6 is 0 Å². The molecular formula is C28H32N2O5. The highest BCUT2D eigenvalue weighted by molar-refractivity contribution is 5.99. The Bertz CT molecular complexity index is 1310. The Morgan fingerprint density at radius 3 is 2.57 bits per heavy atom. The molecule has 1 aliphatic rings. The van der Waals surface area contributed by atoms with Gasteiger partial charge in [0.25, 0.3) is 5.91 Å². The quantitative estimate of drug-likeness (QED) is 0.400. The van der Waals surface area contributed by atoms with Crippen molar-refractivity contribution in [2.45, 2.75) is 26.8 Å². The zero-order valence-electron chi connectivity index (χ0n) is 20.8. The average molecular weight is 477 g/mol. The lowest BCUT2D eigenvalue weighted by atomic mass is 9.97. The molecule has 0 spiro atoms. The molecule has 3 aromatic rings. The van der Waals surface area contributed by atoms with Gasteiger partial charge < -0.3 is 23.7 Å². The summed E-state index contributed by atoms with van der Waals surface area (Å²) in [5.74, 6) is 0.927. The molecule has 184 valence electrons. The van der Waals surface area contributed by atoms with Crippen LogP contribution in [0.2, 0.25) is 0 Å². The number of methoxy groups -OCH3 is 1. The largest absolute Gasteiger partial charge is 0.493 e. The minimum Gasteiger partial charge on any atom is -0.493 e. The summed E-state index contributed by atoms with van der Waals surface area (Å²) in [5, 5.41) is 0.477. The van der Waals surface area contributed by atoms with E-state index in [1.165, 1.54) is 0 Å². The molecule has 0 N–H and O–H groups in total. The standard InChI is InChI=1S/C28H32N2O5/c1-6-15-34-22-12-10-19(17-23(22)33-5)25-24-26(31)20-16-18(4)9-11-21(20)35-27(24)28(32)30(25)14-13-29(7-2)8-3/h6,9-12,16-17,25H,1,7-8,13-15H2,2-5H3. The molecule has 0 fully saturated rings. The second-order valence-corrected chi connectivity index (χ2v) is 8.61. The SMILES string of the molecule is C=CCOc1ccc(C2c3c(oc4ccc(C)cc4c3=O)C(=O)N2CCN(CC)CC)cc1OC. The van der Waals surface area contributed by atoms with Crippen LogP contribution in [0.15, 0.2) is 58.3 Å². The number of benzene rings is 2. The molecule has 1 aromatic heterocycles. The van der Waals surface area contributed by atoms with Gasteiger partial charge in [0.2, 0.25) is 5.76 Å². The van der Waals surface area contributed by atoms with E-state index in [0.29, 0.717) is 47.7 Å². The van der Waals surface area contributed by atoms with Crippen LogP contribution in [0.3, 0.4) is 0 Å². The van der Waals surface area contributed by atoms with Gasteiger partial charge in [0.15, 0.2) is 16.9 Å². The number of amides is 1. The van der Waals surface area contributed by atoms with Gasteiger partial charge in [-0.2, -0.15) is 0 Å². The van der Waals surface area contributed by atoms with Crippen LogP contribution in [0.1, 0.15) is 47.1 Å². The Labute approximate surface area is 205 Å². The summed E-state index contributed by atoms with van der Waals surface area (Å²) >= 11 is 0. The van der Waals surface area contributed by atoms with E-state index >= 15 is 0 Å². The van der Waals surface area contributed by atoms with Crippen LogP contribution in [0, 0.1) is 6.92 Å². The van der Waals surface area contributed by atoms with Crippen LogP contribution in [0.5, 0.6) is 11.5 Å². The van der Waals surface area contributed by atoms with E-state index in [1.54, 1.807) is 30.2 Å². The zero-order chi connectivity index (χ0) is 25.1. The predicted octanol–water partition coefficient (Wildman–Crippen LogP) is 4.56. The maximum atomic E-state index is 13.7. The molecule has 1 aliphatic heterocycles. The molecule has 2 heterocycles. The number of likely N-dealkylation sites (N-methyl/N-ethyl adjacent to an activating group) is 1. The number of hydrogen-bond donors (Lipinski definition) is 0. The lowest BCUT2D eigenvalue weighted by Gasteiger charge is -2.28. The summed E-state index contributed by atoms with van der Waals surface area (Å²) in [5.41, 5.74) is 2.32. The van der Waals surface area contributed by atoms with E-state index in [4.69, 9.17) is 13.9 Å². The second kappa shape index (κ2) is 10.4. The minimum absolute atomic E-state index is 0.113. The van der Waals surface area contributed by atoms with Gasteiger partial charge in [-0.15, -0.1) is 0 Å². The van der Waals surface area contributed by atoms with Gasteiger partial charge >= 0.3 is 0 Å². The molecule has 1 unspecified atom stereocenters. The number of carbonyl (C=O) groups is 1. The first-order chi connectivity index (χ1) is 16.9. The molecule has 1 amide bonds. The number of aryl methyl sites for hydroxylation is 1. The molecule has 0 aliphatic carbocycles. The Hall–Kier alpha value is -3.58. The Balaban J connectivity index is 1.87. The van der Waals surface area contributed by atoms with E-state index < -0.39 is 6.04 Å². The lowest BCUT2D eigenvalue weighted by Crippen LogP contribution is -2.37. The van der Waals surface area contributed by atoms with Gasteiger partial charge in [0.05, 0.1) is 24.1 Å². The Morgan fingerprint density at radius 1 is 1.11 bits per heavy atom. The Morgan fingerprint density at radius 2 is 1.89 bits per heavy atom. The van der Waals surface area contributed by atoms with Crippen molar-refractivity contribution in [1.29, 1.82) is 0 Å². The average Bonchev–Trinajstić information content (AvgIpc) is 3.15. The summed E-state index contributed by atoms with van der Waals surface area (Å²) in [6.45, 7) is 13.0. The molecule has 35 heavy (non-hydrogen) atoms. The summed E-state index contributed by atoms with van der Waals surface area (Å²) in [7, 11) is 1.57. The van der Waals surface area contributed by atoms with Crippen molar-refractivity contribution in [2.75, 3.05) is 39.9 Å². The molecule has 7 nitrogen and oxygen atoms in total. The first-order valence-electron chi connectivity index (χ1n) is 12.0. The van der Waals surface area contributed by atoms with E-state index in [2.05, 4.69) is 25.3 Å². The number of rotatable bonds is 10. The van der Waals surface area contributed by atoms with Gasteiger partial charge in [-0.1, -0.05) is 44.2 Å². The second-order valence-electron chi connectivity index (χ2n) is 8.61. The third-order valence-electron chi connectivity index (χ3n) is 6.53. The van der Waals surface area contributed by atoms with Gasteiger partial charge in [-0.3, -0.25) is 9.59 Å². The van der Waals surface area contributed by atoms with Crippen molar-refractivity contribution in [3.63, 3.8) is 0 Å². The molecule has 0 saturated carbocycles. The van der Waals surface area contributed by atoms with Crippen LogP contribution in [0.4, 0.5) is 0 Å². The summed E-state index contributed by atoms with van der Waals surface area (Å²) in [6, 6.07) is 10.4. The number of ether oxygens (including phenoxy) is 2. The summed E-state index contributed by atoms with van der Waals surface area (Å²) in [4.78, 5) is 31.3. The van der Waals surface area contributed by atoms with Crippen LogP contribution in [0.25, 0.3) is 11.0 Å². The van der Waals surface area contributed by atoms with Gasteiger partial charge in [-0.25, -0.2) is 0 Å². The predicted molar refractivity (Wildman–Crippen MR) is 137 cm³/mol. The number of hydrogen-bond acceptors (Lipinski definition) is 6. The van der Waals surface area contributed by atoms with Crippen molar-refractivity contribution in [3.05, 3.63) is 81.7 Å². The van der Waals surface area contributed by atoms with Crippen molar-refractivity contribution in [2.24, 2.45) is 0 Å². The van der Waals surface area contributed by atoms with Crippen molar-refractivity contribution < 1.29 is 18.7 Å². The van der Waals surface area contributed by atoms with Gasteiger partial charge in [0, 0.05) is 13.1 Å². The van der Waals surface area contributed by atoms with E-state index in [1.807, 2.05) is 31.2 Å². The molecule has 0 saturated heterocycles. The first-order valence-corrected chi connectivity index (χ1v) is 12.0.